The lowest BCUT2D eigenvalue weighted by Crippen LogP contribution is -2.41. The SMILES string of the molecule is COC1CCC(NC2CCCCCCC2)CC1. The minimum atomic E-state index is 0.533. The maximum absolute atomic E-state index is 5.44. The normalized spacial score (nSPS) is 33.0. The summed E-state index contributed by atoms with van der Waals surface area (Å²) >= 11 is 0. The average Bonchev–Trinajstić information content (AvgIpc) is 2.33. The number of nitrogens with one attached hydrogen (secondary N) is 1. The van der Waals surface area contributed by atoms with Crippen LogP contribution in [0.5, 0.6) is 0 Å². The van der Waals surface area contributed by atoms with Gasteiger partial charge in [-0.25, -0.2) is 0 Å². The molecule has 0 aromatic heterocycles. The third kappa shape index (κ3) is 4.59. The van der Waals surface area contributed by atoms with Gasteiger partial charge in [0, 0.05) is 19.2 Å². The van der Waals surface area contributed by atoms with Crippen molar-refractivity contribution in [2.45, 2.75) is 88.8 Å². The molecule has 2 fully saturated rings. The van der Waals surface area contributed by atoms with Crippen LogP contribution in [0, 0.1) is 0 Å². The highest BCUT2D eigenvalue weighted by Crippen LogP contribution is 2.23. The van der Waals surface area contributed by atoms with E-state index >= 15 is 0 Å². The van der Waals surface area contributed by atoms with Gasteiger partial charge in [0.05, 0.1) is 6.10 Å². The molecule has 2 heteroatoms. The molecule has 0 aromatic carbocycles. The van der Waals surface area contributed by atoms with Gasteiger partial charge in [0.25, 0.3) is 0 Å². The molecule has 17 heavy (non-hydrogen) atoms. The molecule has 100 valence electrons. The van der Waals surface area contributed by atoms with Gasteiger partial charge in [-0.2, -0.15) is 0 Å². The Kier molecular flexibility index (Phi) is 5.79. The minimum absolute atomic E-state index is 0.533. The Balaban J connectivity index is 1.68. The zero-order valence-corrected chi connectivity index (χ0v) is 11.4. The Hall–Kier alpha value is -0.0800. The molecular weight excluding hydrogens is 210 g/mol. The van der Waals surface area contributed by atoms with Crippen LogP contribution in [0.15, 0.2) is 0 Å². The average molecular weight is 239 g/mol. The van der Waals surface area contributed by atoms with E-state index in [1.165, 1.54) is 70.6 Å². The monoisotopic (exact) mass is 239 g/mol. The van der Waals surface area contributed by atoms with Crippen LogP contribution in [0.1, 0.15) is 70.6 Å². The van der Waals surface area contributed by atoms with Crippen molar-refractivity contribution in [1.82, 2.24) is 5.32 Å². The van der Waals surface area contributed by atoms with Gasteiger partial charge >= 0.3 is 0 Å². The van der Waals surface area contributed by atoms with Gasteiger partial charge in [-0.05, 0) is 38.5 Å². The Morgan fingerprint density at radius 1 is 0.706 bits per heavy atom. The number of rotatable bonds is 3. The second-order valence-electron chi connectivity index (χ2n) is 5.92. The lowest BCUT2D eigenvalue weighted by atomic mass is 9.90. The van der Waals surface area contributed by atoms with Crippen molar-refractivity contribution in [3.63, 3.8) is 0 Å². The molecule has 0 aliphatic heterocycles. The van der Waals surface area contributed by atoms with Crippen molar-refractivity contribution in [2.75, 3.05) is 7.11 Å². The fourth-order valence-electron chi connectivity index (χ4n) is 3.42. The zero-order chi connectivity index (χ0) is 11.9. The van der Waals surface area contributed by atoms with Crippen LogP contribution in [0.2, 0.25) is 0 Å². The molecule has 0 spiro atoms. The van der Waals surface area contributed by atoms with Crippen molar-refractivity contribution < 1.29 is 4.74 Å². The smallest absolute Gasteiger partial charge is 0.0572 e. The second kappa shape index (κ2) is 7.38. The predicted molar refractivity (Wildman–Crippen MR) is 72.3 cm³/mol. The first-order chi connectivity index (χ1) is 8.38. The van der Waals surface area contributed by atoms with Crippen molar-refractivity contribution >= 4 is 0 Å². The van der Waals surface area contributed by atoms with E-state index in [1.807, 2.05) is 7.11 Å². The van der Waals surface area contributed by atoms with Crippen molar-refractivity contribution in [3.05, 3.63) is 0 Å². The van der Waals surface area contributed by atoms with E-state index in [-0.39, 0.29) is 0 Å². The summed E-state index contributed by atoms with van der Waals surface area (Å²) in [5.41, 5.74) is 0. The van der Waals surface area contributed by atoms with Crippen LogP contribution in [0.25, 0.3) is 0 Å². The molecule has 1 N–H and O–H groups in total. The molecule has 2 aliphatic carbocycles. The highest BCUT2D eigenvalue weighted by Gasteiger charge is 2.23. The van der Waals surface area contributed by atoms with E-state index < -0.39 is 0 Å². The lowest BCUT2D eigenvalue weighted by molar-refractivity contribution is 0.0606. The molecule has 2 saturated carbocycles. The van der Waals surface area contributed by atoms with Gasteiger partial charge in [0.1, 0.15) is 0 Å². The van der Waals surface area contributed by atoms with Gasteiger partial charge in [-0.15, -0.1) is 0 Å². The quantitative estimate of drug-likeness (QED) is 0.811. The molecule has 0 aromatic rings. The van der Waals surface area contributed by atoms with Gasteiger partial charge in [-0.1, -0.05) is 32.1 Å². The third-order valence-corrected chi connectivity index (χ3v) is 4.58. The summed E-state index contributed by atoms with van der Waals surface area (Å²) in [6.07, 6.45) is 15.7. The molecule has 2 nitrogen and oxygen atoms in total. The first-order valence-electron chi connectivity index (χ1n) is 7.67. The predicted octanol–water partition coefficient (Wildman–Crippen LogP) is 3.65. The van der Waals surface area contributed by atoms with E-state index in [0.29, 0.717) is 6.10 Å². The summed E-state index contributed by atoms with van der Waals surface area (Å²) in [6, 6.07) is 1.57. The fourth-order valence-corrected chi connectivity index (χ4v) is 3.42. The number of methoxy groups -OCH3 is 1. The Bertz CT molecular complexity index is 191. The van der Waals surface area contributed by atoms with Gasteiger partial charge in [-0.3, -0.25) is 0 Å². The third-order valence-electron chi connectivity index (χ3n) is 4.58. The summed E-state index contributed by atoms with van der Waals surface area (Å²) in [6.45, 7) is 0. The maximum atomic E-state index is 5.44. The molecule has 2 rings (SSSR count). The summed E-state index contributed by atoms with van der Waals surface area (Å²) in [5, 5.41) is 3.91. The van der Waals surface area contributed by atoms with Crippen molar-refractivity contribution in [1.29, 1.82) is 0 Å². The van der Waals surface area contributed by atoms with E-state index in [4.69, 9.17) is 4.74 Å². The first kappa shape index (κ1) is 13.4. The molecule has 2 aliphatic rings. The lowest BCUT2D eigenvalue weighted by Gasteiger charge is -2.32. The molecule has 0 saturated heterocycles. The first-order valence-corrected chi connectivity index (χ1v) is 7.67. The van der Waals surface area contributed by atoms with Gasteiger partial charge < -0.3 is 10.1 Å². The standard InChI is InChI=1S/C15H29NO/c1-17-15-11-9-14(10-12-15)16-13-7-5-3-2-4-6-8-13/h13-16H,2-12H2,1H3. The van der Waals surface area contributed by atoms with Crippen molar-refractivity contribution in [3.8, 4) is 0 Å². The molecule has 0 bridgehead atoms. The second-order valence-corrected chi connectivity index (χ2v) is 5.92. The molecule has 0 amide bonds. The van der Waals surface area contributed by atoms with Crippen LogP contribution >= 0.6 is 0 Å². The maximum Gasteiger partial charge on any atom is 0.0572 e. The highest BCUT2D eigenvalue weighted by molar-refractivity contribution is 4.81. The van der Waals surface area contributed by atoms with Gasteiger partial charge in [0.2, 0.25) is 0 Å². The topological polar surface area (TPSA) is 21.3 Å². The van der Waals surface area contributed by atoms with Crippen LogP contribution in [-0.4, -0.2) is 25.3 Å². The summed E-state index contributed by atoms with van der Waals surface area (Å²) < 4.78 is 5.44. The van der Waals surface area contributed by atoms with Crippen LogP contribution in [0.3, 0.4) is 0 Å². The number of hydrogen-bond acceptors (Lipinski definition) is 2. The highest BCUT2D eigenvalue weighted by atomic mass is 16.5. The summed E-state index contributed by atoms with van der Waals surface area (Å²) in [5.74, 6) is 0. The zero-order valence-electron chi connectivity index (χ0n) is 11.4. The molecular formula is C15H29NO. The van der Waals surface area contributed by atoms with Crippen molar-refractivity contribution in [2.24, 2.45) is 0 Å². The molecule has 0 unspecified atom stereocenters. The Morgan fingerprint density at radius 3 is 1.82 bits per heavy atom. The van der Waals surface area contributed by atoms with E-state index in [0.717, 1.165) is 12.1 Å². The summed E-state index contributed by atoms with van der Waals surface area (Å²) in [7, 11) is 1.85. The Labute approximate surface area is 107 Å². The molecule has 0 heterocycles. The largest absolute Gasteiger partial charge is 0.381 e. The van der Waals surface area contributed by atoms with E-state index in [9.17, 15) is 0 Å². The number of hydrogen-bond donors (Lipinski definition) is 1. The number of ether oxygens (including phenoxy) is 1. The Morgan fingerprint density at radius 2 is 1.24 bits per heavy atom. The van der Waals surface area contributed by atoms with Crippen LogP contribution in [0.4, 0.5) is 0 Å². The van der Waals surface area contributed by atoms with Gasteiger partial charge in [0.15, 0.2) is 0 Å². The van der Waals surface area contributed by atoms with Crippen LogP contribution < -0.4 is 5.32 Å². The van der Waals surface area contributed by atoms with Crippen LogP contribution in [-0.2, 0) is 4.74 Å². The minimum Gasteiger partial charge on any atom is -0.381 e. The fraction of sp³-hybridized carbons (Fsp3) is 1.00. The molecule has 0 atom stereocenters. The summed E-state index contributed by atoms with van der Waals surface area (Å²) in [4.78, 5) is 0. The van der Waals surface area contributed by atoms with E-state index in [2.05, 4.69) is 5.32 Å². The molecule has 0 radical (unpaired) electrons. The van der Waals surface area contributed by atoms with E-state index in [1.54, 1.807) is 0 Å².